The maximum atomic E-state index is 14.3. The van der Waals surface area contributed by atoms with Crippen LogP contribution in [0.4, 0.5) is 8.78 Å². The Hall–Kier alpha value is -3.52. The molecule has 8 heteroatoms. The Balaban J connectivity index is 1.37. The summed E-state index contributed by atoms with van der Waals surface area (Å²) >= 11 is 0. The molecule has 1 saturated heterocycles. The first kappa shape index (κ1) is 22.7. The minimum atomic E-state index is -0.947. The van der Waals surface area contributed by atoms with Gasteiger partial charge in [-0.2, -0.15) is 0 Å². The summed E-state index contributed by atoms with van der Waals surface area (Å²) in [6.45, 7) is 2.41. The SMILES string of the molecule is CCC(=O)c1cc(F)c(OCC2CN(C(=O)C=Cc3c[nH]c4ccccc34)CCO2)c(F)c1. The standard InChI is InChI=1S/C25H24F2N2O4/c1-2-23(30)17-11-20(26)25(21(27)12-17)33-15-18-14-29(9-10-32-18)24(31)8-7-16-13-28-22-6-4-3-5-19(16)22/h3-8,11-13,18,28H,2,9-10,14-15H2,1H3. The average molecular weight is 454 g/mol. The number of nitrogens with one attached hydrogen (secondary N) is 1. The van der Waals surface area contributed by atoms with Crippen molar-refractivity contribution in [2.24, 2.45) is 0 Å². The Labute approximate surface area is 189 Å². The number of H-pyrrole nitrogens is 1. The second-order valence-electron chi connectivity index (χ2n) is 7.76. The monoisotopic (exact) mass is 454 g/mol. The molecular weight excluding hydrogens is 430 g/mol. The Morgan fingerprint density at radius 3 is 2.76 bits per heavy atom. The number of carbonyl (C=O) groups excluding carboxylic acids is 2. The number of benzene rings is 2. The van der Waals surface area contributed by atoms with Crippen LogP contribution in [0.3, 0.4) is 0 Å². The van der Waals surface area contributed by atoms with Crippen molar-refractivity contribution < 1.29 is 27.8 Å². The van der Waals surface area contributed by atoms with Gasteiger partial charge in [-0.3, -0.25) is 9.59 Å². The van der Waals surface area contributed by atoms with Crippen molar-refractivity contribution in [3.63, 3.8) is 0 Å². The van der Waals surface area contributed by atoms with Crippen molar-refractivity contribution in [3.8, 4) is 5.75 Å². The number of rotatable bonds is 7. The van der Waals surface area contributed by atoms with Gasteiger partial charge in [0.05, 0.1) is 13.2 Å². The third kappa shape index (κ3) is 5.12. The van der Waals surface area contributed by atoms with Gasteiger partial charge in [0, 0.05) is 41.7 Å². The number of carbonyl (C=O) groups is 2. The Kier molecular flexibility index (Phi) is 6.84. The van der Waals surface area contributed by atoms with Crippen LogP contribution in [0.2, 0.25) is 0 Å². The third-order valence-corrected chi connectivity index (χ3v) is 5.53. The first-order valence-corrected chi connectivity index (χ1v) is 10.8. The number of ketones is 1. The first-order valence-electron chi connectivity index (χ1n) is 10.8. The molecule has 0 aliphatic carbocycles. The van der Waals surface area contributed by atoms with Crippen LogP contribution in [0.1, 0.15) is 29.3 Å². The number of ether oxygens (including phenoxy) is 2. The number of aromatic nitrogens is 1. The molecule has 1 aliphatic rings. The highest BCUT2D eigenvalue weighted by Crippen LogP contribution is 2.25. The summed E-state index contributed by atoms with van der Waals surface area (Å²) in [4.78, 5) is 29.1. The molecule has 3 aromatic rings. The highest BCUT2D eigenvalue weighted by Gasteiger charge is 2.25. The maximum absolute atomic E-state index is 14.3. The van der Waals surface area contributed by atoms with E-state index >= 15 is 0 Å². The van der Waals surface area contributed by atoms with Crippen LogP contribution in [0.5, 0.6) is 5.75 Å². The molecule has 1 atom stereocenters. The van der Waals surface area contributed by atoms with Gasteiger partial charge >= 0.3 is 0 Å². The predicted octanol–water partition coefficient (Wildman–Crippen LogP) is 4.36. The summed E-state index contributed by atoms with van der Waals surface area (Å²) in [5.41, 5.74) is 1.86. The number of hydrogen-bond acceptors (Lipinski definition) is 4. The largest absolute Gasteiger partial charge is 0.485 e. The molecule has 6 nitrogen and oxygen atoms in total. The fraction of sp³-hybridized carbons (Fsp3) is 0.280. The van der Waals surface area contributed by atoms with Gasteiger partial charge in [0.25, 0.3) is 0 Å². The van der Waals surface area contributed by atoms with E-state index < -0.39 is 23.5 Å². The lowest BCUT2D eigenvalue weighted by Crippen LogP contribution is -2.47. The van der Waals surface area contributed by atoms with Crippen LogP contribution in [0, 0.1) is 11.6 Å². The van der Waals surface area contributed by atoms with Gasteiger partial charge in [0.2, 0.25) is 5.91 Å². The Morgan fingerprint density at radius 1 is 1.24 bits per heavy atom. The van der Waals surface area contributed by atoms with E-state index in [1.54, 1.807) is 17.9 Å². The molecule has 1 N–H and O–H groups in total. The molecular formula is C25H24F2N2O4. The van der Waals surface area contributed by atoms with Crippen LogP contribution >= 0.6 is 0 Å². The fourth-order valence-corrected chi connectivity index (χ4v) is 3.76. The van der Waals surface area contributed by atoms with Crippen LogP contribution < -0.4 is 4.74 Å². The molecule has 2 aromatic carbocycles. The van der Waals surface area contributed by atoms with Crippen LogP contribution in [-0.2, 0) is 9.53 Å². The average Bonchev–Trinajstić information content (AvgIpc) is 3.24. The molecule has 0 spiro atoms. The molecule has 1 amide bonds. The minimum absolute atomic E-state index is 0.0347. The van der Waals surface area contributed by atoms with Gasteiger partial charge in [0.15, 0.2) is 23.2 Å². The highest BCUT2D eigenvalue weighted by atomic mass is 19.1. The Bertz CT molecular complexity index is 1180. The van der Waals surface area contributed by atoms with E-state index in [4.69, 9.17) is 9.47 Å². The third-order valence-electron chi connectivity index (χ3n) is 5.53. The van der Waals surface area contributed by atoms with Crippen molar-refractivity contribution in [1.29, 1.82) is 0 Å². The molecule has 1 aliphatic heterocycles. The van der Waals surface area contributed by atoms with E-state index in [1.165, 1.54) is 6.08 Å². The van der Waals surface area contributed by atoms with Crippen molar-refractivity contribution in [3.05, 3.63) is 71.4 Å². The lowest BCUT2D eigenvalue weighted by molar-refractivity contribution is -0.134. The van der Waals surface area contributed by atoms with Crippen molar-refractivity contribution in [1.82, 2.24) is 9.88 Å². The minimum Gasteiger partial charge on any atom is -0.485 e. The number of morpholine rings is 1. The molecule has 0 saturated carbocycles. The summed E-state index contributed by atoms with van der Waals surface area (Å²) in [5, 5.41) is 1.02. The number of Topliss-reactive ketones (excluding diaryl/α,β-unsaturated/α-hetero) is 1. The highest BCUT2D eigenvalue weighted by molar-refractivity contribution is 5.96. The van der Waals surface area contributed by atoms with Gasteiger partial charge in [-0.1, -0.05) is 25.1 Å². The summed E-state index contributed by atoms with van der Waals surface area (Å²) in [5.74, 6) is -3.00. The summed E-state index contributed by atoms with van der Waals surface area (Å²) in [6.07, 6.45) is 4.70. The number of para-hydroxylation sites is 1. The molecule has 172 valence electrons. The lowest BCUT2D eigenvalue weighted by atomic mass is 10.1. The first-order chi connectivity index (χ1) is 16.0. The molecule has 1 unspecified atom stereocenters. The van der Waals surface area contributed by atoms with Crippen LogP contribution in [0.15, 0.2) is 48.7 Å². The molecule has 2 heterocycles. The number of amides is 1. The van der Waals surface area contributed by atoms with Crippen molar-refractivity contribution in [2.75, 3.05) is 26.3 Å². The summed E-state index contributed by atoms with van der Waals surface area (Å²) in [6, 6.07) is 9.74. The van der Waals surface area contributed by atoms with E-state index in [2.05, 4.69) is 4.98 Å². The fourth-order valence-electron chi connectivity index (χ4n) is 3.76. The number of aromatic amines is 1. The van der Waals surface area contributed by atoms with Gasteiger partial charge < -0.3 is 19.4 Å². The number of fused-ring (bicyclic) bond motifs is 1. The molecule has 1 aromatic heterocycles. The number of hydrogen-bond donors (Lipinski definition) is 1. The molecule has 0 radical (unpaired) electrons. The van der Waals surface area contributed by atoms with Gasteiger partial charge in [0.1, 0.15) is 12.7 Å². The number of halogens is 2. The van der Waals surface area contributed by atoms with Gasteiger partial charge in [-0.05, 0) is 29.8 Å². The van der Waals surface area contributed by atoms with E-state index in [9.17, 15) is 18.4 Å². The van der Waals surface area contributed by atoms with Crippen LogP contribution in [0.25, 0.3) is 17.0 Å². The Morgan fingerprint density at radius 2 is 2.00 bits per heavy atom. The summed E-state index contributed by atoms with van der Waals surface area (Å²) in [7, 11) is 0. The molecule has 1 fully saturated rings. The smallest absolute Gasteiger partial charge is 0.246 e. The van der Waals surface area contributed by atoms with E-state index in [-0.39, 0.29) is 43.4 Å². The molecule has 4 rings (SSSR count). The van der Waals surface area contributed by atoms with Crippen LogP contribution in [-0.4, -0.2) is 54.0 Å². The zero-order valence-corrected chi connectivity index (χ0v) is 18.1. The predicted molar refractivity (Wildman–Crippen MR) is 120 cm³/mol. The van der Waals surface area contributed by atoms with E-state index in [0.29, 0.717) is 6.54 Å². The quantitative estimate of drug-likeness (QED) is 0.425. The zero-order chi connectivity index (χ0) is 23.4. The van der Waals surface area contributed by atoms with Crippen molar-refractivity contribution >= 4 is 28.7 Å². The molecule has 0 bridgehead atoms. The topological polar surface area (TPSA) is 71.6 Å². The zero-order valence-electron chi connectivity index (χ0n) is 18.1. The maximum Gasteiger partial charge on any atom is 0.246 e. The van der Waals surface area contributed by atoms with Gasteiger partial charge in [-0.25, -0.2) is 8.78 Å². The van der Waals surface area contributed by atoms with Crippen molar-refractivity contribution in [2.45, 2.75) is 19.4 Å². The number of nitrogens with zero attached hydrogens (tertiary/aromatic N) is 1. The van der Waals surface area contributed by atoms with Gasteiger partial charge in [-0.15, -0.1) is 0 Å². The second-order valence-corrected chi connectivity index (χ2v) is 7.76. The van der Waals surface area contributed by atoms with E-state index in [0.717, 1.165) is 28.6 Å². The normalized spacial score (nSPS) is 16.5. The second kappa shape index (κ2) is 9.95. The molecule has 33 heavy (non-hydrogen) atoms. The summed E-state index contributed by atoms with van der Waals surface area (Å²) < 4.78 is 39.5. The van der Waals surface area contributed by atoms with E-state index in [1.807, 2.05) is 30.5 Å². The lowest BCUT2D eigenvalue weighted by Gasteiger charge is -2.32.